The van der Waals surface area contributed by atoms with E-state index in [2.05, 4.69) is 36.4 Å². The number of carboxylic acids is 1. The molecular weight excluding hydrogens is 327 g/mol. The van der Waals surface area contributed by atoms with Crippen LogP contribution >= 0.6 is 22.6 Å². The molecule has 2 nitrogen and oxygen atoms in total. The molecule has 0 aliphatic heterocycles. The first-order valence-electron chi connectivity index (χ1n) is 5.87. The number of alkyl halides is 1. The molecule has 0 aliphatic rings. The Bertz CT molecular complexity index is 368. The lowest BCUT2D eigenvalue weighted by Gasteiger charge is -2.16. The third-order valence-corrected chi connectivity index (χ3v) is 3.43. The van der Waals surface area contributed by atoms with E-state index < -0.39 is 11.9 Å². The van der Waals surface area contributed by atoms with E-state index in [-0.39, 0.29) is 3.92 Å². The zero-order valence-electron chi connectivity index (χ0n) is 10.5. The van der Waals surface area contributed by atoms with Crippen LogP contribution in [-0.4, -0.2) is 15.0 Å². The average Bonchev–Trinajstić information content (AvgIpc) is 2.18. The second-order valence-corrected chi connectivity index (χ2v) is 6.80. The largest absolute Gasteiger partial charge is 0.481 e. The van der Waals surface area contributed by atoms with Crippen molar-refractivity contribution in [1.82, 2.24) is 0 Å². The van der Waals surface area contributed by atoms with Gasteiger partial charge in [-0.05, 0) is 23.5 Å². The van der Waals surface area contributed by atoms with Crippen LogP contribution < -0.4 is 0 Å². The normalized spacial score (nSPS) is 14.6. The van der Waals surface area contributed by atoms with Crippen molar-refractivity contribution in [2.45, 2.75) is 37.0 Å². The van der Waals surface area contributed by atoms with E-state index in [1.54, 1.807) is 0 Å². The van der Waals surface area contributed by atoms with Crippen LogP contribution in [-0.2, 0) is 11.2 Å². The molecule has 0 bridgehead atoms. The molecule has 0 saturated heterocycles. The van der Waals surface area contributed by atoms with E-state index in [0.29, 0.717) is 5.92 Å². The molecule has 0 aromatic heterocycles. The van der Waals surface area contributed by atoms with Gasteiger partial charge < -0.3 is 5.11 Å². The molecular formula is C14H19IO2. The highest BCUT2D eigenvalue weighted by atomic mass is 127. The molecule has 0 saturated carbocycles. The molecule has 1 rings (SSSR count). The van der Waals surface area contributed by atoms with Crippen molar-refractivity contribution in [2.75, 3.05) is 0 Å². The zero-order chi connectivity index (χ0) is 13.0. The molecule has 1 aromatic rings. The smallest absolute Gasteiger partial charge is 0.312 e. The number of aliphatic carboxylic acids is 1. The van der Waals surface area contributed by atoms with E-state index in [1.807, 2.05) is 31.2 Å². The van der Waals surface area contributed by atoms with Crippen LogP contribution in [0.5, 0.6) is 0 Å². The van der Waals surface area contributed by atoms with Gasteiger partial charge in [-0.1, -0.05) is 67.6 Å². The highest BCUT2D eigenvalue weighted by Crippen LogP contribution is 2.26. The molecule has 94 valence electrons. The van der Waals surface area contributed by atoms with Crippen molar-refractivity contribution in [3.63, 3.8) is 0 Å². The highest BCUT2D eigenvalue weighted by Gasteiger charge is 2.24. The molecule has 0 fully saturated rings. The van der Waals surface area contributed by atoms with Gasteiger partial charge in [0.1, 0.15) is 0 Å². The second-order valence-electron chi connectivity index (χ2n) is 4.83. The maximum Gasteiger partial charge on any atom is 0.312 e. The summed E-state index contributed by atoms with van der Waals surface area (Å²) in [6.45, 7) is 6.29. The second kappa shape index (κ2) is 6.38. The van der Waals surface area contributed by atoms with Crippen molar-refractivity contribution in [3.05, 3.63) is 35.4 Å². The molecule has 0 spiro atoms. The lowest BCUT2D eigenvalue weighted by molar-refractivity contribution is -0.138. The molecule has 1 aromatic carbocycles. The topological polar surface area (TPSA) is 37.3 Å². The molecule has 1 N–H and O–H groups in total. The summed E-state index contributed by atoms with van der Waals surface area (Å²) in [7, 11) is 0. The number of halogens is 1. The third kappa shape index (κ3) is 4.30. The van der Waals surface area contributed by atoms with Crippen LogP contribution in [0.3, 0.4) is 0 Å². The maximum atomic E-state index is 11.2. The minimum atomic E-state index is -0.747. The number of hydrogen-bond donors (Lipinski definition) is 1. The summed E-state index contributed by atoms with van der Waals surface area (Å²) < 4.78 is 0.0843. The fourth-order valence-electron chi connectivity index (χ4n) is 1.94. The molecule has 0 heterocycles. The molecule has 17 heavy (non-hydrogen) atoms. The minimum Gasteiger partial charge on any atom is -0.481 e. The summed E-state index contributed by atoms with van der Waals surface area (Å²) in [4.78, 5) is 11.2. The van der Waals surface area contributed by atoms with Crippen LogP contribution in [0.2, 0.25) is 0 Å². The minimum absolute atomic E-state index is 0.0843. The van der Waals surface area contributed by atoms with Crippen LogP contribution in [0.15, 0.2) is 24.3 Å². The number of rotatable bonds is 5. The van der Waals surface area contributed by atoms with Crippen molar-refractivity contribution in [2.24, 2.45) is 5.92 Å². The predicted octanol–water partition coefficient (Wildman–Crippen LogP) is 3.88. The lowest BCUT2D eigenvalue weighted by atomic mass is 9.94. The van der Waals surface area contributed by atoms with E-state index in [1.165, 1.54) is 5.56 Å². The van der Waals surface area contributed by atoms with Gasteiger partial charge in [0.25, 0.3) is 0 Å². The first-order chi connectivity index (χ1) is 7.91. The molecule has 3 heteroatoms. The monoisotopic (exact) mass is 346 g/mol. The number of benzene rings is 1. The summed E-state index contributed by atoms with van der Waals surface area (Å²) in [6, 6.07) is 7.99. The number of hydrogen-bond acceptors (Lipinski definition) is 1. The van der Waals surface area contributed by atoms with Crippen LogP contribution in [0.4, 0.5) is 0 Å². The maximum absolute atomic E-state index is 11.2. The Morgan fingerprint density at radius 2 is 1.76 bits per heavy atom. The summed E-state index contributed by atoms with van der Waals surface area (Å²) in [5, 5.41) is 9.21. The van der Waals surface area contributed by atoms with E-state index in [0.717, 1.165) is 12.0 Å². The lowest BCUT2D eigenvalue weighted by Crippen LogP contribution is -2.19. The van der Waals surface area contributed by atoms with Gasteiger partial charge in [-0.25, -0.2) is 0 Å². The van der Waals surface area contributed by atoms with Gasteiger partial charge in [0, 0.05) is 3.92 Å². The molecule has 0 amide bonds. The SMILES string of the molecule is CC(C)Cc1ccc(C(C(=O)O)C(C)I)cc1. The fourth-order valence-corrected chi connectivity index (χ4v) is 2.66. The van der Waals surface area contributed by atoms with Gasteiger partial charge in [0.05, 0.1) is 5.92 Å². The molecule has 0 aliphatic carbocycles. The average molecular weight is 346 g/mol. The van der Waals surface area contributed by atoms with Gasteiger partial charge >= 0.3 is 5.97 Å². The number of carbonyl (C=O) groups is 1. The molecule has 0 radical (unpaired) electrons. The third-order valence-electron chi connectivity index (χ3n) is 2.71. The quantitative estimate of drug-likeness (QED) is 0.649. The van der Waals surface area contributed by atoms with Crippen LogP contribution in [0.1, 0.15) is 37.8 Å². The summed E-state index contributed by atoms with van der Waals surface area (Å²) in [5.41, 5.74) is 2.17. The Hall–Kier alpha value is -0.580. The van der Waals surface area contributed by atoms with Crippen molar-refractivity contribution in [1.29, 1.82) is 0 Å². The summed E-state index contributed by atoms with van der Waals surface area (Å²) in [5.74, 6) is -0.535. The highest BCUT2D eigenvalue weighted by molar-refractivity contribution is 14.1. The first-order valence-corrected chi connectivity index (χ1v) is 7.12. The predicted molar refractivity (Wildman–Crippen MR) is 78.8 cm³/mol. The summed E-state index contributed by atoms with van der Waals surface area (Å²) >= 11 is 2.17. The Kier molecular flexibility index (Phi) is 5.43. The Morgan fingerprint density at radius 1 is 1.24 bits per heavy atom. The van der Waals surface area contributed by atoms with Crippen molar-refractivity contribution in [3.8, 4) is 0 Å². The molecule has 2 unspecified atom stereocenters. The van der Waals surface area contributed by atoms with Gasteiger partial charge in [0.15, 0.2) is 0 Å². The molecule has 2 atom stereocenters. The van der Waals surface area contributed by atoms with E-state index in [4.69, 9.17) is 0 Å². The van der Waals surface area contributed by atoms with Gasteiger partial charge in [-0.3, -0.25) is 4.79 Å². The zero-order valence-corrected chi connectivity index (χ0v) is 12.6. The van der Waals surface area contributed by atoms with Gasteiger partial charge in [-0.15, -0.1) is 0 Å². The Morgan fingerprint density at radius 3 is 2.12 bits per heavy atom. The standard InChI is InChI=1S/C14H19IO2/c1-9(2)8-11-4-6-12(7-5-11)13(10(3)15)14(16)17/h4-7,9-10,13H,8H2,1-3H3,(H,16,17). The Balaban J connectivity index is 2.88. The van der Waals surface area contributed by atoms with Crippen molar-refractivity contribution < 1.29 is 9.90 Å². The number of carboxylic acid groups (broad SMARTS) is 1. The van der Waals surface area contributed by atoms with E-state index >= 15 is 0 Å². The van der Waals surface area contributed by atoms with Gasteiger partial charge in [-0.2, -0.15) is 0 Å². The summed E-state index contributed by atoms with van der Waals surface area (Å²) in [6.07, 6.45) is 1.04. The Labute approximate surface area is 117 Å². The fraction of sp³-hybridized carbons (Fsp3) is 0.500. The first kappa shape index (κ1) is 14.5. The van der Waals surface area contributed by atoms with E-state index in [9.17, 15) is 9.90 Å². The van der Waals surface area contributed by atoms with Crippen LogP contribution in [0, 0.1) is 5.92 Å². The van der Waals surface area contributed by atoms with Crippen molar-refractivity contribution >= 4 is 28.6 Å². The van der Waals surface area contributed by atoms with Gasteiger partial charge in [0.2, 0.25) is 0 Å². The van der Waals surface area contributed by atoms with Crippen LogP contribution in [0.25, 0.3) is 0 Å².